The Balaban J connectivity index is 1.58. The van der Waals surface area contributed by atoms with Gasteiger partial charge in [-0.3, -0.25) is 14.2 Å². The molecule has 0 unspecified atom stereocenters. The third-order valence-electron chi connectivity index (χ3n) is 6.24. The molecule has 2 aromatic heterocycles. The number of fused-ring (bicyclic) bond motifs is 4. The summed E-state index contributed by atoms with van der Waals surface area (Å²) in [5.74, 6) is -0.249. The van der Waals surface area contributed by atoms with Gasteiger partial charge < -0.3 is 4.90 Å². The Morgan fingerprint density at radius 2 is 1.90 bits per heavy atom. The molecule has 2 bridgehead atoms. The number of halogens is 1. The van der Waals surface area contributed by atoms with Crippen LogP contribution in [0.3, 0.4) is 0 Å². The van der Waals surface area contributed by atoms with Crippen LogP contribution in [0.15, 0.2) is 30.5 Å². The molecule has 5 rings (SSSR count). The lowest BCUT2D eigenvalue weighted by molar-refractivity contribution is 0.0384. The number of carbonyl (C=O) groups is 1. The fourth-order valence-corrected chi connectivity index (χ4v) is 5.06. The quantitative estimate of drug-likeness (QED) is 0.669. The average Bonchev–Trinajstić information content (AvgIpc) is 3.20. The topological polar surface area (TPSA) is 56.0 Å². The van der Waals surface area contributed by atoms with Gasteiger partial charge in [0.15, 0.2) is 5.69 Å². The summed E-state index contributed by atoms with van der Waals surface area (Å²) >= 11 is 0. The number of hydrogen-bond acceptors (Lipinski definition) is 3. The van der Waals surface area contributed by atoms with Gasteiger partial charge in [-0.1, -0.05) is 0 Å². The zero-order chi connectivity index (χ0) is 20.3. The average molecular weight is 393 g/mol. The normalized spacial score (nSPS) is 20.6. The van der Waals surface area contributed by atoms with Crippen molar-refractivity contribution in [3.63, 3.8) is 0 Å². The van der Waals surface area contributed by atoms with Crippen molar-refractivity contribution in [3.8, 4) is 11.3 Å². The highest BCUT2D eigenvalue weighted by Crippen LogP contribution is 2.45. The number of carbonyl (C=O) groups excluding carboxylic acids is 1. The summed E-state index contributed by atoms with van der Waals surface area (Å²) in [6.45, 7) is 1.93. The Hall–Kier alpha value is -2.96. The number of amides is 1. The summed E-state index contributed by atoms with van der Waals surface area (Å²) in [6, 6.07) is 6.68. The van der Waals surface area contributed by atoms with Gasteiger partial charge in [-0.15, -0.1) is 0 Å². The van der Waals surface area contributed by atoms with Gasteiger partial charge in [-0.25, -0.2) is 4.39 Å². The Morgan fingerprint density at radius 1 is 1.14 bits per heavy atom. The van der Waals surface area contributed by atoms with Crippen molar-refractivity contribution in [1.82, 2.24) is 24.5 Å². The van der Waals surface area contributed by atoms with Crippen LogP contribution >= 0.6 is 0 Å². The maximum atomic E-state index is 13.4. The minimum atomic E-state index is -0.246. The van der Waals surface area contributed by atoms with E-state index in [0.29, 0.717) is 5.69 Å². The Morgan fingerprint density at radius 3 is 2.59 bits per heavy atom. The van der Waals surface area contributed by atoms with Crippen LogP contribution in [-0.4, -0.2) is 36.4 Å². The van der Waals surface area contributed by atoms with Gasteiger partial charge in [-0.2, -0.15) is 10.2 Å². The van der Waals surface area contributed by atoms with Crippen LogP contribution in [0, 0.1) is 12.7 Å². The summed E-state index contributed by atoms with van der Waals surface area (Å²) in [7, 11) is 3.77. The Labute approximate surface area is 168 Å². The lowest BCUT2D eigenvalue weighted by Crippen LogP contribution is -2.50. The number of aryl methyl sites for hydroxylation is 3. The first-order valence-electron chi connectivity index (χ1n) is 10.1. The lowest BCUT2D eigenvalue weighted by atomic mass is 9.81. The van der Waals surface area contributed by atoms with Crippen molar-refractivity contribution in [1.29, 1.82) is 0 Å². The standard InChI is InChI=1S/C22H24FN5O/c1-13-12-26(2)24-19(13)22(29)28-16-5-4-6-18(28)20-17(11-16)21(27(3)25-20)14-7-9-15(23)10-8-14/h7-10,12,16,18H,4-6,11H2,1-3H3/t16-,18+/m1/s1. The van der Waals surface area contributed by atoms with Gasteiger partial charge in [0.25, 0.3) is 5.91 Å². The van der Waals surface area contributed by atoms with Gasteiger partial charge in [0.05, 0.1) is 17.4 Å². The van der Waals surface area contributed by atoms with Crippen LogP contribution in [0.2, 0.25) is 0 Å². The summed E-state index contributed by atoms with van der Waals surface area (Å²) in [4.78, 5) is 15.4. The molecule has 1 saturated heterocycles. The summed E-state index contributed by atoms with van der Waals surface area (Å²) in [6.07, 6.45) is 5.62. The highest BCUT2D eigenvalue weighted by atomic mass is 19.1. The minimum absolute atomic E-state index is 0.00237. The lowest BCUT2D eigenvalue weighted by Gasteiger charge is -2.45. The molecule has 0 spiro atoms. The number of nitrogens with zero attached hydrogens (tertiary/aromatic N) is 5. The zero-order valence-electron chi connectivity index (χ0n) is 16.9. The maximum Gasteiger partial charge on any atom is 0.275 e. The van der Waals surface area contributed by atoms with E-state index in [4.69, 9.17) is 5.10 Å². The molecule has 2 aliphatic rings. The number of piperidine rings is 1. The van der Waals surface area contributed by atoms with Crippen LogP contribution in [0.5, 0.6) is 0 Å². The van der Waals surface area contributed by atoms with E-state index in [1.54, 1.807) is 16.8 Å². The van der Waals surface area contributed by atoms with Crippen LogP contribution < -0.4 is 0 Å². The SMILES string of the molecule is Cc1cn(C)nc1C(=O)N1[C@@H]2CCC[C@H]1c1nn(C)c(-c3ccc(F)cc3)c1C2. The van der Waals surface area contributed by atoms with E-state index in [0.717, 1.165) is 48.2 Å². The van der Waals surface area contributed by atoms with Crippen molar-refractivity contribution in [3.05, 3.63) is 58.8 Å². The molecule has 29 heavy (non-hydrogen) atoms. The summed E-state index contributed by atoms with van der Waals surface area (Å²) < 4.78 is 17.0. The molecule has 1 fully saturated rings. The van der Waals surface area contributed by atoms with E-state index < -0.39 is 0 Å². The Bertz CT molecular complexity index is 1100. The van der Waals surface area contributed by atoms with Crippen LogP contribution in [0.25, 0.3) is 11.3 Å². The molecule has 150 valence electrons. The smallest absolute Gasteiger partial charge is 0.275 e. The van der Waals surface area contributed by atoms with Crippen LogP contribution in [0.4, 0.5) is 4.39 Å². The highest BCUT2D eigenvalue weighted by molar-refractivity contribution is 5.94. The zero-order valence-corrected chi connectivity index (χ0v) is 16.9. The molecule has 2 atom stereocenters. The first-order valence-corrected chi connectivity index (χ1v) is 10.1. The number of rotatable bonds is 2. The van der Waals surface area contributed by atoms with E-state index in [1.165, 1.54) is 17.7 Å². The number of benzene rings is 1. The fourth-order valence-electron chi connectivity index (χ4n) is 5.06. The van der Waals surface area contributed by atoms with Gasteiger partial charge in [-0.05, 0) is 56.9 Å². The van der Waals surface area contributed by atoms with E-state index >= 15 is 0 Å². The van der Waals surface area contributed by atoms with Gasteiger partial charge in [0, 0.05) is 43.0 Å². The van der Waals surface area contributed by atoms with Crippen molar-refractivity contribution in [2.24, 2.45) is 14.1 Å². The third-order valence-corrected chi connectivity index (χ3v) is 6.24. The molecule has 0 aliphatic carbocycles. The summed E-state index contributed by atoms with van der Waals surface area (Å²) in [5.41, 5.74) is 5.58. The molecule has 3 aromatic rings. The molecule has 0 saturated carbocycles. The molecular formula is C22H24FN5O. The molecule has 1 amide bonds. The number of hydrogen-bond donors (Lipinski definition) is 0. The molecule has 4 heterocycles. The highest BCUT2D eigenvalue weighted by Gasteiger charge is 2.44. The van der Waals surface area contributed by atoms with E-state index in [9.17, 15) is 9.18 Å². The molecule has 6 nitrogen and oxygen atoms in total. The van der Waals surface area contributed by atoms with Crippen molar-refractivity contribution >= 4 is 5.91 Å². The second-order valence-electron chi connectivity index (χ2n) is 8.19. The van der Waals surface area contributed by atoms with Crippen LogP contribution in [-0.2, 0) is 20.5 Å². The fraction of sp³-hybridized carbons (Fsp3) is 0.409. The van der Waals surface area contributed by atoms with Gasteiger partial charge in [0.1, 0.15) is 5.82 Å². The third kappa shape index (κ3) is 2.79. The predicted octanol–water partition coefficient (Wildman–Crippen LogP) is 3.56. The van der Waals surface area contributed by atoms with E-state index in [-0.39, 0.29) is 23.8 Å². The molecule has 0 radical (unpaired) electrons. The predicted molar refractivity (Wildman–Crippen MR) is 107 cm³/mol. The van der Waals surface area contributed by atoms with Gasteiger partial charge >= 0.3 is 0 Å². The molecule has 2 aliphatic heterocycles. The van der Waals surface area contributed by atoms with Gasteiger partial charge in [0.2, 0.25) is 0 Å². The second kappa shape index (κ2) is 6.54. The molecule has 1 aromatic carbocycles. The largest absolute Gasteiger partial charge is 0.325 e. The molecule has 7 heteroatoms. The molecule has 0 N–H and O–H groups in total. The Kier molecular flexibility index (Phi) is 4.08. The monoisotopic (exact) mass is 393 g/mol. The van der Waals surface area contributed by atoms with Crippen molar-refractivity contribution in [2.45, 2.75) is 44.7 Å². The van der Waals surface area contributed by atoms with E-state index in [1.807, 2.05) is 36.8 Å². The van der Waals surface area contributed by atoms with Crippen LogP contribution in [0.1, 0.15) is 52.6 Å². The first kappa shape index (κ1) is 18.1. The van der Waals surface area contributed by atoms with Crippen molar-refractivity contribution in [2.75, 3.05) is 0 Å². The maximum absolute atomic E-state index is 13.4. The van der Waals surface area contributed by atoms with Crippen molar-refractivity contribution < 1.29 is 9.18 Å². The first-order chi connectivity index (χ1) is 13.9. The van der Waals surface area contributed by atoms with E-state index in [2.05, 4.69) is 5.10 Å². The summed E-state index contributed by atoms with van der Waals surface area (Å²) in [5, 5.41) is 9.24. The second-order valence-corrected chi connectivity index (χ2v) is 8.19. The number of aromatic nitrogens is 4. The molecular weight excluding hydrogens is 369 g/mol. The minimum Gasteiger partial charge on any atom is -0.325 e.